The molecule has 3 aromatic rings. The summed E-state index contributed by atoms with van der Waals surface area (Å²) in [5.74, 6) is 0.576. The highest BCUT2D eigenvalue weighted by Crippen LogP contribution is 2.23. The van der Waals surface area contributed by atoms with Crippen molar-refractivity contribution in [2.75, 3.05) is 7.11 Å². The van der Waals surface area contributed by atoms with Gasteiger partial charge in [0.1, 0.15) is 17.1 Å². The number of aromatic nitrogens is 5. The maximum atomic E-state index is 12.8. The summed E-state index contributed by atoms with van der Waals surface area (Å²) >= 11 is 0. The van der Waals surface area contributed by atoms with Gasteiger partial charge in [-0.2, -0.15) is 10.2 Å². The average Bonchev–Trinajstić information content (AvgIpc) is 3.22. The van der Waals surface area contributed by atoms with Crippen LogP contribution in [0.5, 0.6) is 5.75 Å². The predicted molar refractivity (Wildman–Crippen MR) is 87.6 cm³/mol. The summed E-state index contributed by atoms with van der Waals surface area (Å²) in [4.78, 5) is 15.4. The lowest BCUT2D eigenvalue weighted by Gasteiger charge is -2.05. The zero-order valence-electron chi connectivity index (χ0n) is 13.8. The van der Waals surface area contributed by atoms with Crippen molar-refractivity contribution >= 4 is 5.91 Å². The van der Waals surface area contributed by atoms with E-state index in [0.717, 1.165) is 5.56 Å². The van der Waals surface area contributed by atoms with Gasteiger partial charge in [0, 0.05) is 0 Å². The summed E-state index contributed by atoms with van der Waals surface area (Å²) in [6, 6.07) is 8.47. The van der Waals surface area contributed by atoms with Crippen molar-refractivity contribution in [2.45, 2.75) is 19.4 Å². The number of primary amides is 1. The highest BCUT2D eigenvalue weighted by Gasteiger charge is 2.19. The summed E-state index contributed by atoms with van der Waals surface area (Å²) in [5.41, 5.74) is 5.95. The molecule has 0 saturated heterocycles. The third-order valence-electron chi connectivity index (χ3n) is 3.60. The first-order chi connectivity index (χ1) is 12.5. The van der Waals surface area contributed by atoms with Gasteiger partial charge in [-0.3, -0.25) is 9.89 Å². The number of amides is 1. The maximum Gasteiger partial charge on any atom is 0.279 e. The number of nitrogens with zero attached hydrogens (tertiary/aromatic N) is 4. The summed E-state index contributed by atoms with van der Waals surface area (Å²) in [6.07, 6.45) is -2.84. The zero-order valence-corrected chi connectivity index (χ0v) is 13.8. The van der Waals surface area contributed by atoms with Gasteiger partial charge in [0.05, 0.1) is 20.1 Å². The van der Waals surface area contributed by atoms with Gasteiger partial charge >= 0.3 is 0 Å². The molecule has 2 aromatic heterocycles. The van der Waals surface area contributed by atoms with E-state index in [1.54, 1.807) is 19.2 Å². The first-order valence-electron chi connectivity index (χ1n) is 7.65. The van der Waals surface area contributed by atoms with Gasteiger partial charge in [-0.05, 0) is 23.8 Å². The number of H-pyrrole nitrogens is 1. The molecular weight excluding hydrogens is 346 g/mol. The Bertz CT molecular complexity index is 904. The number of halogens is 2. The molecule has 0 aliphatic rings. The zero-order chi connectivity index (χ0) is 18.7. The van der Waals surface area contributed by atoms with Crippen LogP contribution in [0.3, 0.4) is 0 Å². The minimum Gasteiger partial charge on any atom is -0.497 e. The Morgan fingerprint density at radius 3 is 2.65 bits per heavy atom. The molecule has 0 bridgehead atoms. The molecule has 0 saturated carbocycles. The van der Waals surface area contributed by atoms with Gasteiger partial charge in [-0.25, -0.2) is 18.4 Å². The van der Waals surface area contributed by atoms with E-state index in [4.69, 9.17) is 10.5 Å². The van der Waals surface area contributed by atoms with Gasteiger partial charge in [-0.1, -0.05) is 12.1 Å². The van der Waals surface area contributed by atoms with Crippen LogP contribution < -0.4 is 10.5 Å². The SMILES string of the molecule is COc1ccc(Cn2nc(CC(N)=O)nc2-c2cc(C(F)F)[nH]n2)cc1. The summed E-state index contributed by atoms with van der Waals surface area (Å²) < 4.78 is 32.2. The number of carbonyl (C=O) groups excluding carboxylic acids is 1. The molecule has 136 valence electrons. The van der Waals surface area contributed by atoms with Gasteiger partial charge in [-0.15, -0.1) is 0 Å². The second-order valence-corrected chi connectivity index (χ2v) is 5.51. The van der Waals surface area contributed by atoms with Crippen LogP contribution in [-0.4, -0.2) is 38.0 Å². The standard InChI is InChI=1S/C16H16F2N6O2/c1-26-10-4-2-9(3-5-10)8-24-16(20-14(23-24)7-13(19)25)12-6-11(15(17)18)21-22-12/h2-6,15H,7-8H2,1H3,(H2,19,25)(H,21,22). The molecule has 26 heavy (non-hydrogen) atoms. The number of hydrogen-bond acceptors (Lipinski definition) is 5. The Kier molecular flexibility index (Phi) is 4.92. The monoisotopic (exact) mass is 362 g/mol. The number of nitrogens with two attached hydrogens (primary N) is 1. The Hall–Kier alpha value is -3.30. The first kappa shape index (κ1) is 17.5. The fourth-order valence-electron chi connectivity index (χ4n) is 2.39. The summed E-state index contributed by atoms with van der Waals surface area (Å²) in [6.45, 7) is 0.308. The highest BCUT2D eigenvalue weighted by molar-refractivity contribution is 5.75. The number of methoxy groups -OCH3 is 1. The third-order valence-corrected chi connectivity index (χ3v) is 3.60. The number of hydrogen-bond donors (Lipinski definition) is 2. The molecule has 0 unspecified atom stereocenters. The van der Waals surface area contributed by atoms with Crippen molar-refractivity contribution in [3.05, 3.63) is 47.4 Å². The number of alkyl halides is 2. The Labute approximate surface area is 147 Å². The summed E-state index contributed by atoms with van der Waals surface area (Å²) in [7, 11) is 1.57. The summed E-state index contributed by atoms with van der Waals surface area (Å²) in [5, 5.41) is 10.4. The molecule has 0 spiro atoms. The van der Waals surface area contributed by atoms with E-state index in [2.05, 4.69) is 20.3 Å². The van der Waals surface area contributed by atoms with Crippen LogP contribution in [0.25, 0.3) is 11.5 Å². The molecule has 0 atom stereocenters. The van der Waals surface area contributed by atoms with Gasteiger partial charge in [0.15, 0.2) is 11.6 Å². The van der Waals surface area contributed by atoms with E-state index >= 15 is 0 Å². The molecule has 8 nitrogen and oxygen atoms in total. The van der Waals surface area contributed by atoms with Crippen LogP contribution in [0.1, 0.15) is 23.5 Å². The van der Waals surface area contributed by atoms with E-state index in [9.17, 15) is 13.6 Å². The Balaban J connectivity index is 1.95. The smallest absolute Gasteiger partial charge is 0.279 e. The van der Waals surface area contributed by atoms with Gasteiger partial charge < -0.3 is 10.5 Å². The molecule has 10 heteroatoms. The van der Waals surface area contributed by atoms with Crippen molar-refractivity contribution in [3.63, 3.8) is 0 Å². The molecule has 3 rings (SSSR count). The topological polar surface area (TPSA) is 112 Å². The first-order valence-corrected chi connectivity index (χ1v) is 7.65. The second kappa shape index (κ2) is 7.30. The lowest BCUT2D eigenvalue weighted by molar-refractivity contribution is -0.117. The molecule has 0 fully saturated rings. The normalized spacial score (nSPS) is 11.1. The molecule has 2 heterocycles. The lowest BCUT2D eigenvalue weighted by Crippen LogP contribution is -2.15. The van der Waals surface area contributed by atoms with Gasteiger partial charge in [0.25, 0.3) is 6.43 Å². The van der Waals surface area contributed by atoms with E-state index < -0.39 is 12.3 Å². The van der Waals surface area contributed by atoms with Crippen LogP contribution in [0.15, 0.2) is 30.3 Å². The largest absolute Gasteiger partial charge is 0.497 e. The van der Waals surface area contributed by atoms with E-state index in [0.29, 0.717) is 12.3 Å². The van der Waals surface area contributed by atoms with Crippen molar-refractivity contribution in [1.29, 1.82) is 0 Å². The molecule has 0 radical (unpaired) electrons. The number of aromatic amines is 1. The van der Waals surface area contributed by atoms with Crippen LogP contribution in [-0.2, 0) is 17.8 Å². The molecular formula is C16H16F2N6O2. The highest BCUT2D eigenvalue weighted by atomic mass is 19.3. The van der Waals surface area contributed by atoms with Crippen LogP contribution in [0, 0.1) is 0 Å². The molecule has 1 aromatic carbocycles. The quantitative estimate of drug-likeness (QED) is 0.664. The molecule has 0 aliphatic carbocycles. The number of rotatable bonds is 7. The Morgan fingerprint density at radius 2 is 2.08 bits per heavy atom. The molecule has 1 amide bonds. The average molecular weight is 362 g/mol. The number of benzene rings is 1. The van der Waals surface area contributed by atoms with Crippen molar-refractivity contribution < 1.29 is 18.3 Å². The second-order valence-electron chi connectivity index (χ2n) is 5.51. The Morgan fingerprint density at radius 1 is 1.35 bits per heavy atom. The van der Waals surface area contributed by atoms with E-state index in [1.807, 2.05) is 12.1 Å². The minimum absolute atomic E-state index is 0.158. The maximum absolute atomic E-state index is 12.8. The fraction of sp³-hybridized carbons (Fsp3) is 0.250. The molecule has 0 aliphatic heterocycles. The third kappa shape index (κ3) is 3.85. The number of ether oxygens (including phenoxy) is 1. The van der Waals surface area contributed by atoms with E-state index in [1.165, 1.54) is 10.7 Å². The fourth-order valence-corrected chi connectivity index (χ4v) is 2.39. The van der Waals surface area contributed by atoms with Crippen LogP contribution in [0.4, 0.5) is 8.78 Å². The van der Waals surface area contributed by atoms with Crippen molar-refractivity contribution in [2.24, 2.45) is 5.73 Å². The van der Waals surface area contributed by atoms with Gasteiger partial charge in [0.2, 0.25) is 5.91 Å². The van der Waals surface area contributed by atoms with E-state index in [-0.39, 0.29) is 29.5 Å². The van der Waals surface area contributed by atoms with Crippen molar-refractivity contribution in [1.82, 2.24) is 25.0 Å². The number of nitrogens with one attached hydrogen (secondary N) is 1. The van der Waals surface area contributed by atoms with Crippen molar-refractivity contribution in [3.8, 4) is 17.3 Å². The van der Waals surface area contributed by atoms with Crippen LogP contribution >= 0.6 is 0 Å². The van der Waals surface area contributed by atoms with Crippen LogP contribution in [0.2, 0.25) is 0 Å². The lowest BCUT2D eigenvalue weighted by atomic mass is 10.2. The molecule has 3 N–H and O–H groups in total. The predicted octanol–water partition coefficient (Wildman–Crippen LogP) is 1.69. The number of carbonyl (C=O) groups is 1. The minimum atomic E-state index is -2.68.